The summed E-state index contributed by atoms with van der Waals surface area (Å²) in [6, 6.07) is 13.4. The van der Waals surface area contributed by atoms with E-state index in [2.05, 4.69) is 33.7 Å². The van der Waals surface area contributed by atoms with E-state index in [4.69, 9.17) is 27.0 Å². The summed E-state index contributed by atoms with van der Waals surface area (Å²) in [7, 11) is 4.12. The normalized spacial score (nSPS) is 20.9. The number of hydrogen-bond donors (Lipinski definition) is 2. The highest BCUT2D eigenvalue weighted by atomic mass is 35.5. The molecule has 0 saturated carbocycles. The summed E-state index contributed by atoms with van der Waals surface area (Å²) in [5.41, 5.74) is 0.973. The van der Waals surface area contributed by atoms with E-state index in [1.54, 1.807) is 18.2 Å². The molecule has 3 saturated heterocycles. The monoisotopic (exact) mass is 573 g/mol. The molecule has 0 aliphatic carbocycles. The molecular weight excluding hydrogens is 541 g/mol. The zero-order valence-corrected chi connectivity index (χ0v) is 24.2. The van der Waals surface area contributed by atoms with Gasteiger partial charge in [-0.15, -0.1) is 0 Å². The average molecular weight is 574 g/mol. The van der Waals surface area contributed by atoms with Crippen LogP contribution in [0, 0.1) is 11.2 Å². The van der Waals surface area contributed by atoms with Gasteiger partial charge in [-0.25, -0.2) is 9.37 Å². The Hall–Kier alpha value is -3.69. The lowest BCUT2D eigenvalue weighted by Gasteiger charge is -2.44. The van der Waals surface area contributed by atoms with Crippen LogP contribution in [0.5, 0.6) is 5.75 Å². The predicted octanol–water partition coefficient (Wildman–Crippen LogP) is 5.35. The van der Waals surface area contributed by atoms with Crippen molar-refractivity contribution in [3.63, 3.8) is 0 Å². The number of piperazine rings is 1. The molecule has 2 atom stereocenters. The van der Waals surface area contributed by atoms with Crippen LogP contribution in [0.25, 0.3) is 32.8 Å². The molecule has 3 aliphatic heterocycles. The molecule has 0 spiro atoms. The summed E-state index contributed by atoms with van der Waals surface area (Å²) in [5.74, 6) is 1.32. The highest BCUT2D eigenvalue weighted by Gasteiger charge is 2.41. The van der Waals surface area contributed by atoms with Crippen molar-refractivity contribution in [2.75, 3.05) is 50.1 Å². The molecule has 41 heavy (non-hydrogen) atoms. The second-order valence-electron chi connectivity index (χ2n) is 11.8. The summed E-state index contributed by atoms with van der Waals surface area (Å²) in [4.78, 5) is 18.6. The minimum absolute atomic E-state index is 0.0449. The third-order valence-electron chi connectivity index (χ3n) is 9.01. The van der Waals surface area contributed by atoms with Gasteiger partial charge < -0.3 is 24.7 Å². The van der Waals surface area contributed by atoms with Crippen molar-refractivity contribution < 1.29 is 9.50 Å². The Labute approximate surface area is 243 Å². The van der Waals surface area contributed by atoms with Crippen LogP contribution < -0.4 is 9.80 Å². The van der Waals surface area contributed by atoms with Crippen LogP contribution in [0.15, 0.2) is 42.5 Å². The third-order valence-corrected chi connectivity index (χ3v) is 9.31. The molecular formula is C31H33ClFN7O. The minimum Gasteiger partial charge on any atom is -0.508 e. The van der Waals surface area contributed by atoms with Crippen LogP contribution >= 0.6 is 11.6 Å². The lowest BCUT2D eigenvalue weighted by molar-refractivity contribution is 0.245. The van der Waals surface area contributed by atoms with Gasteiger partial charge in [0.25, 0.3) is 0 Å². The number of aromatic hydroxyl groups is 1. The maximum atomic E-state index is 16.8. The number of aromatic nitrogens is 2. The second kappa shape index (κ2) is 9.70. The Kier molecular flexibility index (Phi) is 6.21. The first-order valence-electron chi connectivity index (χ1n) is 14.1. The fraction of sp³-hybridized carbons (Fsp3) is 0.387. The maximum absolute atomic E-state index is 16.8. The smallest absolute Gasteiger partial charge is 0.228 e. The molecule has 3 fully saturated rings. The third kappa shape index (κ3) is 4.25. The number of benzene rings is 3. The van der Waals surface area contributed by atoms with E-state index in [1.807, 2.05) is 31.2 Å². The molecule has 1 aromatic heterocycles. The quantitative estimate of drug-likeness (QED) is 0.252. The fourth-order valence-electron chi connectivity index (χ4n) is 6.87. The first kappa shape index (κ1) is 26.2. The summed E-state index contributed by atoms with van der Waals surface area (Å²) in [6.45, 7) is 4.80. The Morgan fingerprint density at radius 3 is 2.39 bits per heavy atom. The lowest BCUT2D eigenvalue weighted by atomic mass is 9.96. The number of amidine groups is 1. The van der Waals surface area contributed by atoms with Gasteiger partial charge in [-0.2, -0.15) is 4.98 Å². The fourth-order valence-corrected chi connectivity index (χ4v) is 7.16. The maximum Gasteiger partial charge on any atom is 0.228 e. The van der Waals surface area contributed by atoms with Crippen molar-refractivity contribution in [3.05, 3.63) is 53.3 Å². The standard InChI is InChI=1S/C31H33ClFN7O/c1-17(34)40-19-8-9-20(40)14-38(13-19)30-25-12-26(32)27(24-11-22(41)10-18-6-4-5-7-23(18)24)28(33)29(25)35-31(36-30)39-15-21(16-39)37(2)3/h4-7,10-12,19-21,34,41H,8-9,13-16H2,1-3H3. The number of likely N-dealkylation sites (N-methyl/N-ethyl adjacent to an activating group) is 1. The largest absolute Gasteiger partial charge is 0.508 e. The molecule has 0 amide bonds. The Bertz CT molecular complexity index is 1690. The van der Waals surface area contributed by atoms with Crippen molar-refractivity contribution in [2.24, 2.45) is 0 Å². The molecule has 3 aromatic carbocycles. The molecule has 2 N–H and O–H groups in total. The number of fused-ring (bicyclic) bond motifs is 4. The zero-order valence-electron chi connectivity index (χ0n) is 23.4. The van der Waals surface area contributed by atoms with Gasteiger partial charge >= 0.3 is 0 Å². The van der Waals surface area contributed by atoms with Gasteiger partial charge in [0.1, 0.15) is 17.1 Å². The van der Waals surface area contributed by atoms with E-state index >= 15 is 4.39 Å². The number of rotatable bonds is 4. The molecule has 8 nitrogen and oxygen atoms in total. The number of phenols is 1. The molecule has 10 heteroatoms. The molecule has 4 aromatic rings. The molecule has 0 radical (unpaired) electrons. The first-order chi connectivity index (χ1) is 19.7. The summed E-state index contributed by atoms with van der Waals surface area (Å²) in [6.07, 6.45) is 2.04. The number of phenolic OH excluding ortho intramolecular Hbond substituents is 1. The van der Waals surface area contributed by atoms with E-state index in [0.717, 1.165) is 36.7 Å². The van der Waals surface area contributed by atoms with E-state index in [-0.39, 0.29) is 33.9 Å². The van der Waals surface area contributed by atoms with Crippen LogP contribution in [0.2, 0.25) is 5.02 Å². The Balaban J connectivity index is 1.40. The minimum atomic E-state index is -0.519. The van der Waals surface area contributed by atoms with Crippen molar-refractivity contribution in [2.45, 2.75) is 37.9 Å². The average Bonchev–Trinajstić information content (AvgIpc) is 3.17. The van der Waals surface area contributed by atoms with Crippen LogP contribution in [0.3, 0.4) is 0 Å². The Morgan fingerprint density at radius 1 is 1.00 bits per heavy atom. The van der Waals surface area contributed by atoms with E-state index < -0.39 is 5.82 Å². The van der Waals surface area contributed by atoms with Crippen molar-refractivity contribution in [1.29, 1.82) is 5.41 Å². The van der Waals surface area contributed by atoms with E-state index in [9.17, 15) is 5.11 Å². The second-order valence-corrected chi connectivity index (χ2v) is 12.2. The summed E-state index contributed by atoms with van der Waals surface area (Å²) >= 11 is 6.89. The van der Waals surface area contributed by atoms with Crippen LogP contribution in [0.4, 0.5) is 16.2 Å². The zero-order chi connectivity index (χ0) is 28.6. The van der Waals surface area contributed by atoms with Gasteiger partial charge in [0, 0.05) is 55.3 Å². The van der Waals surface area contributed by atoms with Gasteiger partial charge in [0.2, 0.25) is 5.95 Å². The molecule has 7 rings (SSSR count). The van der Waals surface area contributed by atoms with Gasteiger partial charge in [-0.1, -0.05) is 35.9 Å². The number of halogens is 2. The first-order valence-corrected chi connectivity index (χ1v) is 14.5. The number of nitrogens with zero attached hydrogens (tertiary/aromatic N) is 6. The molecule has 3 aliphatic rings. The van der Waals surface area contributed by atoms with Gasteiger partial charge in [0.15, 0.2) is 5.82 Å². The van der Waals surface area contributed by atoms with Crippen LogP contribution in [-0.2, 0) is 0 Å². The number of hydrogen-bond acceptors (Lipinski definition) is 7. The van der Waals surface area contributed by atoms with Gasteiger partial charge in [0.05, 0.1) is 10.9 Å². The highest BCUT2D eigenvalue weighted by Crippen LogP contribution is 2.43. The van der Waals surface area contributed by atoms with Crippen molar-refractivity contribution in [3.8, 4) is 16.9 Å². The Morgan fingerprint density at radius 2 is 1.71 bits per heavy atom. The SMILES string of the molecule is CC(=N)N1C2CCC1CN(c1nc(N3CC(N(C)C)C3)nc3c(F)c(-c4cc(O)cc5ccccc45)c(Cl)cc13)C2. The molecule has 2 unspecified atom stereocenters. The van der Waals surface area contributed by atoms with E-state index in [0.29, 0.717) is 47.7 Å². The van der Waals surface area contributed by atoms with E-state index in [1.165, 1.54) is 0 Å². The summed E-state index contributed by atoms with van der Waals surface area (Å²) in [5, 5.41) is 21.2. The van der Waals surface area contributed by atoms with Crippen LogP contribution in [0.1, 0.15) is 19.8 Å². The number of nitrogens with one attached hydrogen (secondary N) is 1. The summed E-state index contributed by atoms with van der Waals surface area (Å²) < 4.78 is 16.8. The van der Waals surface area contributed by atoms with Gasteiger partial charge in [-0.3, -0.25) is 5.41 Å². The molecule has 2 bridgehead atoms. The molecule has 4 heterocycles. The van der Waals surface area contributed by atoms with Crippen LogP contribution in [-0.4, -0.2) is 89.1 Å². The topological polar surface area (TPSA) is 82.8 Å². The molecule has 212 valence electrons. The van der Waals surface area contributed by atoms with Crippen molar-refractivity contribution in [1.82, 2.24) is 19.8 Å². The highest BCUT2D eigenvalue weighted by molar-refractivity contribution is 6.35. The van der Waals surface area contributed by atoms with Crippen molar-refractivity contribution >= 4 is 50.9 Å². The number of anilines is 2. The van der Waals surface area contributed by atoms with Gasteiger partial charge in [-0.05, 0) is 68.4 Å². The lowest BCUT2D eigenvalue weighted by Crippen LogP contribution is -2.58. The predicted molar refractivity (Wildman–Crippen MR) is 163 cm³/mol.